The Balaban J connectivity index is 1.63. The first-order valence-corrected chi connectivity index (χ1v) is 10.5. The molecule has 5 atom stereocenters. The van der Waals surface area contributed by atoms with Crippen molar-refractivity contribution >= 4 is 11.8 Å². The van der Waals surface area contributed by atoms with E-state index >= 15 is 0 Å². The Morgan fingerprint density at radius 3 is 2.59 bits per heavy atom. The molecule has 148 valence electrons. The number of unbranched alkanes of at least 4 members (excludes halogenated alkanes) is 1. The average Bonchev–Trinajstić information content (AvgIpc) is 2.72. The van der Waals surface area contributed by atoms with Gasteiger partial charge >= 0.3 is 5.97 Å². The predicted molar refractivity (Wildman–Crippen MR) is 104 cm³/mol. The lowest BCUT2D eigenvalue weighted by Crippen LogP contribution is -2.49. The third-order valence-electron chi connectivity index (χ3n) is 6.10. The van der Waals surface area contributed by atoms with Gasteiger partial charge in [-0.15, -0.1) is 0 Å². The lowest BCUT2D eigenvalue weighted by atomic mass is 9.70. The molecule has 4 heteroatoms. The summed E-state index contributed by atoms with van der Waals surface area (Å²) in [6, 6.07) is 10.5. The zero-order valence-corrected chi connectivity index (χ0v) is 16.6. The molecule has 1 saturated carbocycles. The molecular formula is C23H32O4. The second kappa shape index (κ2) is 9.50. The van der Waals surface area contributed by atoms with E-state index in [0.717, 1.165) is 32.1 Å². The maximum Gasteiger partial charge on any atom is 0.309 e. The number of hydrogen-bond acceptors (Lipinski definition) is 4. The number of ether oxygens (including phenoxy) is 2. The van der Waals surface area contributed by atoms with Crippen LogP contribution < -0.4 is 0 Å². The molecule has 0 N–H and O–H groups in total. The molecule has 27 heavy (non-hydrogen) atoms. The molecule has 4 nitrogen and oxygen atoms in total. The Bertz CT molecular complexity index is 627. The van der Waals surface area contributed by atoms with E-state index in [1.165, 1.54) is 5.56 Å². The number of esters is 1. The lowest BCUT2D eigenvalue weighted by Gasteiger charge is -2.47. The summed E-state index contributed by atoms with van der Waals surface area (Å²) in [6.07, 6.45) is 5.75. The normalized spacial score (nSPS) is 27.9. The molecule has 1 aromatic rings. The smallest absolute Gasteiger partial charge is 0.309 e. The summed E-state index contributed by atoms with van der Waals surface area (Å²) in [4.78, 5) is 25.2. The zero-order chi connectivity index (χ0) is 19.2. The predicted octanol–water partition coefficient (Wildman–Crippen LogP) is 4.67. The van der Waals surface area contributed by atoms with Crippen molar-refractivity contribution in [1.29, 1.82) is 0 Å². The van der Waals surface area contributed by atoms with E-state index in [1.807, 2.05) is 13.0 Å². The van der Waals surface area contributed by atoms with Crippen LogP contribution in [-0.2, 0) is 19.1 Å². The third-order valence-corrected chi connectivity index (χ3v) is 6.10. The van der Waals surface area contributed by atoms with Crippen LogP contribution in [0.2, 0.25) is 0 Å². The topological polar surface area (TPSA) is 52.6 Å². The molecule has 3 fully saturated rings. The van der Waals surface area contributed by atoms with E-state index < -0.39 is 0 Å². The highest BCUT2D eigenvalue weighted by atomic mass is 16.5. The second-order valence-corrected chi connectivity index (χ2v) is 7.95. The standard InChI is InChI=1S/C23H32O4/c1-3-5-9-18(23(25)26-4-2)15-20(24)22-17-12-13-21(27-22)19(14-17)16-10-7-6-8-11-16/h6-8,10-11,17-19,21-22H,3-5,9,12-15H2,1-2H3. The molecule has 0 radical (unpaired) electrons. The SMILES string of the molecule is CCCCC(CC(=O)C1OC2CCC1CC2c1ccccc1)C(=O)OCC. The molecule has 1 aromatic carbocycles. The average molecular weight is 373 g/mol. The molecule has 2 aliphatic heterocycles. The molecule has 2 heterocycles. The van der Waals surface area contributed by atoms with Crippen LogP contribution in [0.1, 0.15) is 70.3 Å². The highest BCUT2D eigenvalue weighted by Crippen LogP contribution is 2.46. The van der Waals surface area contributed by atoms with E-state index in [2.05, 4.69) is 31.2 Å². The maximum atomic E-state index is 13.0. The Labute approximate surface area is 162 Å². The summed E-state index contributed by atoms with van der Waals surface area (Å²) < 4.78 is 11.5. The van der Waals surface area contributed by atoms with Gasteiger partial charge < -0.3 is 9.47 Å². The van der Waals surface area contributed by atoms with Crippen molar-refractivity contribution in [3.05, 3.63) is 35.9 Å². The van der Waals surface area contributed by atoms with Gasteiger partial charge in [0.2, 0.25) is 0 Å². The Hall–Kier alpha value is -1.68. The fourth-order valence-electron chi connectivity index (χ4n) is 4.68. The minimum atomic E-state index is -0.345. The van der Waals surface area contributed by atoms with Gasteiger partial charge in [0.1, 0.15) is 6.10 Å². The number of rotatable bonds is 9. The van der Waals surface area contributed by atoms with Gasteiger partial charge in [-0.25, -0.2) is 0 Å². The van der Waals surface area contributed by atoms with Crippen LogP contribution in [0.15, 0.2) is 30.3 Å². The zero-order valence-electron chi connectivity index (χ0n) is 16.6. The molecule has 5 unspecified atom stereocenters. The monoisotopic (exact) mass is 372 g/mol. The van der Waals surface area contributed by atoms with E-state index in [9.17, 15) is 9.59 Å². The first-order chi connectivity index (χ1) is 13.1. The summed E-state index contributed by atoms with van der Waals surface area (Å²) in [6.45, 7) is 4.26. The molecule has 2 bridgehead atoms. The number of ketones is 1. The number of carbonyl (C=O) groups is 2. The first-order valence-electron chi connectivity index (χ1n) is 10.5. The maximum absolute atomic E-state index is 13.0. The Morgan fingerprint density at radius 2 is 1.96 bits per heavy atom. The van der Waals surface area contributed by atoms with Crippen LogP contribution in [0.25, 0.3) is 0 Å². The molecule has 4 rings (SSSR count). The van der Waals surface area contributed by atoms with Crippen molar-refractivity contribution in [2.45, 2.75) is 76.9 Å². The van der Waals surface area contributed by atoms with Crippen molar-refractivity contribution in [1.82, 2.24) is 0 Å². The first kappa shape index (κ1) is 20.1. The van der Waals surface area contributed by atoms with Crippen LogP contribution >= 0.6 is 0 Å². The van der Waals surface area contributed by atoms with E-state index in [0.29, 0.717) is 18.9 Å². The largest absolute Gasteiger partial charge is 0.466 e. The number of fused-ring (bicyclic) bond motifs is 3. The molecule has 0 amide bonds. The summed E-state index contributed by atoms with van der Waals surface area (Å²) in [5, 5.41) is 0. The van der Waals surface area contributed by atoms with Gasteiger partial charge in [-0.05, 0) is 44.1 Å². The molecular weight excluding hydrogens is 340 g/mol. The quantitative estimate of drug-likeness (QED) is 0.591. The molecule has 0 aromatic heterocycles. The van der Waals surface area contributed by atoms with Crippen LogP contribution in [0.4, 0.5) is 0 Å². The Kier molecular flexibility index (Phi) is 7.06. The van der Waals surface area contributed by atoms with Crippen LogP contribution in [0.3, 0.4) is 0 Å². The lowest BCUT2D eigenvalue weighted by molar-refractivity contribution is -0.166. The summed E-state index contributed by atoms with van der Waals surface area (Å²) in [5.74, 6) is 0.177. The van der Waals surface area contributed by atoms with Crippen molar-refractivity contribution < 1.29 is 19.1 Å². The summed E-state index contributed by atoms with van der Waals surface area (Å²) in [5.41, 5.74) is 1.31. The fraction of sp³-hybridized carbons (Fsp3) is 0.652. The van der Waals surface area contributed by atoms with Gasteiger partial charge in [-0.1, -0.05) is 50.1 Å². The summed E-state index contributed by atoms with van der Waals surface area (Å²) >= 11 is 0. The van der Waals surface area contributed by atoms with Gasteiger partial charge in [0.25, 0.3) is 0 Å². The molecule has 2 saturated heterocycles. The van der Waals surface area contributed by atoms with Crippen molar-refractivity contribution in [3.63, 3.8) is 0 Å². The van der Waals surface area contributed by atoms with Crippen molar-refractivity contribution in [2.75, 3.05) is 6.61 Å². The van der Waals surface area contributed by atoms with E-state index in [-0.39, 0.29) is 42.2 Å². The van der Waals surface area contributed by atoms with E-state index in [1.54, 1.807) is 0 Å². The van der Waals surface area contributed by atoms with Crippen molar-refractivity contribution in [2.24, 2.45) is 11.8 Å². The highest BCUT2D eigenvalue weighted by Gasteiger charge is 2.46. The number of carbonyl (C=O) groups excluding carboxylic acids is 2. The fourth-order valence-corrected chi connectivity index (χ4v) is 4.68. The van der Waals surface area contributed by atoms with Crippen LogP contribution in [-0.4, -0.2) is 30.6 Å². The molecule has 1 aliphatic carbocycles. The van der Waals surface area contributed by atoms with Gasteiger partial charge in [-0.2, -0.15) is 0 Å². The van der Waals surface area contributed by atoms with Gasteiger partial charge in [0.15, 0.2) is 5.78 Å². The third kappa shape index (κ3) is 4.78. The number of benzene rings is 1. The van der Waals surface area contributed by atoms with Crippen molar-refractivity contribution in [3.8, 4) is 0 Å². The molecule has 3 aliphatic rings. The number of Topliss-reactive ketones (excluding diaryl/α,β-unsaturated/α-hetero) is 1. The second-order valence-electron chi connectivity index (χ2n) is 7.95. The van der Waals surface area contributed by atoms with Gasteiger partial charge in [0, 0.05) is 12.3 Å². The van der Waals surface area contributed by atoms with Gasteiger partial charge in [0.05, 0.1) is 18.6 Å². The molecule has 0 spiro atoms. The number of hydrogen-bond donors (Lipinski definition) is 0. The van der Waals surface area contributed by atoms with E-state index in [4.69, 9.17) is 9.47 Å². The summed E-state index contributed by atoms with van der Waals surface area (Å²) in [7, 11) is 0. The van der Waals surface area contributed by atoms with Crippen LogP contribution in [0, 0.1) is 11.8 Å². The minimum Gasteiger partial charge on any atom is -0.466 e. The highest BCUT2D eigenvalue weighted by molar-refractivity contribution is 5.88. The van der Waals surface area contributed by atoms with Gasteiger partial charge in [-0.3, -0.25) is 9.59 Å². The minimum absolute atomic E-state index is 0.0883. The Morgan fingerprint density at radius 1 is 1.19 bits per heavy atom. The van der Waals surface area contributed by atoms with Crippen LogP contribution in [0.5, 0.6) is 0 Å².